The first-order valence-electron chi connectivity index (χ1n) is 5.09. The van der Waals surface area contributed by atoms with Gasteiger partial charge in [-0.2, -0.15) is 11.8 Å². The number of unbranched alkanes of at least 4 members (excludes halogenated alkanes) is 2. The van der Waals surface area contributed by atoms with Crippen molar-refractivity contribution in [2.24, 2.45) is 0 Å². The van der Waals surface area contributed by atoms with Crippen LogP contribution in [0, 0.1) is 0 Å². The molecule has 0 rings (SSSR count). The Morgan fingerprint density at radius 2 is 1.92 bits per heavy atom. The fourth-order valence-corrected chi connectivity index (χ4v) is 1.73. The molecule has 0 aromatic rings. The summed E-state index contributed by atoms with van der Waals surface area (Å²) in [6.07, 6.45) is 4.02. The molecule has 0 aromatic heterocycles. The highest BCUT2D eigenvalue weighted by Crippen LogP contribution is 2.06. The average Bonchev–Trinajstić information content (AvgIpc) is 2.02. The normalized spacial score (nSPS) is 11.0. The largest absolute Gasteiger partial charge is 0.316 e. The van der Waals surface area contributed by atoms with Crippen LogP contribution in [0.2, 0.25) is 0 Å². The lowest BCUT2D eigenvalue weighted by Crippen LogP contribution is -2.18. The molecule has 0 bridgehead atoms. The highest BCUT2D eigenvalue weighted by atomic mass is 32.2. The van der Waals surface area contributed by atoms with Crippen molar-refractivity contribution in [2.75, 3.05) is 18.8 Å². The Kier molecular flexibility index (Phi) is 9.64. The molecule has 0 radical (unpaired) electrons. The predicted octanol–water partition coefficient (Wildman–Crippen LogP) is 2.91. The predicted molar refractivity (Wildman–Crippen MR) is 60.0 cm³/mol. The van der Waals surface area contributed by atoms with E-state index in [1.54, 1.807) is 0 Å². The highest BCUT2D eigenvalue weighted by molar-refractivity contribution is 7.99. The van der Waals surface area contributed by atoms with Crippen LogP contribution < -0.4 is 5.32 Å². The average molecular weight is 189 g/mol. The molecule has 0 saturated carbocycles. The molecule has 0 spiro atoms. The summed E-state index contributed by atoms with van der Waals surface area (Å²) in [6.45, 7) is 9.12. The van der Waals surface area contributed by atoms with Gasteiger partial charge in [-0.25, -0.2) is 0 Å². The lowest BCUT2D eigenvalue weighted by atomic mass is 10.2. The third kappa shape index (κ3) is 10.3. The molecule has 12 heavy (non-hydrogen) atoms. The van der Waals surface area contributed by atoms with Crippen LogP contribution in [0.15, 0.2) is 0 Å². The maximum absolute atomic E-state index is 3.45. The smallest absolute Gasteiger partial charge is 0.00606 e. The van der Waals surface area contributed by atoms with E-state index in [2.05, 4.69) is 26.1 Å². The first-order chi connectivity index (χ1) is 5.77. The molecule has 0 atom stereocenters. The van der Waals surface area contributed by atoms with Gasteiger partial charge >= 0.3 is 0 Å². The first-order valence-corrected chi connectivity index (χ1v) is 6.14. The van der Waals surface area contributed by atoms with Crippen molar-refractivity contribution in [3.05, 3.63) is 0 Å². The summed E-state index contributed by atoms with van der Waals surface area (Å²) in [7, 11) is 0. The van der Waals surface area contributed by atoms with Gasteiger partial charge in [0.1, 0.15) is 0 Å². The van der Waals surface area contributed by atoms with Crippen molar-refractivity contribution in [1.82, 2.24) is 5.32 Å². The van der Waals surface area contributed by atoms with E-state index in [1.165, 1.54) is 38.1 Å². The van der Waals surface area contributed by atoms with Gasteiger partial charge in [-0.3, -0.25) is 0 Å². The summed E-state index contributed by atoms with van der Waals surface area (Å²) < 4.78 is 0. The summed E-state index contributed by atoms with van der Waals surface area (Å²) in [5.41, 5.74) is 0. The number of hydrogen-bond acceptors (Lipinski definition) is 2. The molecule has 0 aliphatic heterocycles. The van der Waals surface area contributed by atoms with E-state index in [1.807, 2.05) is 11.8 Å². The molecule has 74 valence electrons. The summed E-state index contributed by atoms with van der Waals surface area (Å²) in [4.78, 5) is 0. The SMILES string of the molecule is CCCCCNCCSC(C)C. The van der Waals surface area contributed by atoms with Crippen LogP contribution in [0.3, 0.4) is 0 Å². The van der Waals surface area contributed by atoms with E-state index >= 15 is 0 Å². The minimum Gasteiger partial charge on any atom is -0.316 e. The van der Waals surface area contributed by atoms with Crippen LogP contribution in [-0.4, -0.2) is 24.1 Å². The quantitative estimate of drug-likeness (QED) is 0.589. The van der Waals surface area contributed by atoms with Gasteiger partial charge in [0.2, 0.25) is 0 Å². The van der Waals surface area contributed by atoms with Gasteiger partial charge < -0.3 is 5.32 Å². The molecular formula is C10H23NS. The molecule has 2 heteroatoms. The molecular weight excluding hydrogens is 166 g/mol. The lowest BCUT2D eigenvalue weighted by molar-refractivity contribution is 0.635. The van der Waals surface area contributed by atoms with Crippen LogP contribution in [0.4, 0.5) is 0 Å². The maximum atomic E-state index is 3.45. The molecule has 1 nitrogen and oxygen atoms in total. The van der Waals surface area contributed by atoms with Gasteiger partial charge in [0, 0.05) is 12.3 Å². The Bertz CT molecular complexity index is 83.9. The van der Waals surface area contributed by atoms with Gasteiger partial charge in [-0.15, -0.1) is 0 Å². The van der Waals surface area contributed by atoms with E-state index in [0.717, 1.165) is 5.25 Å². The number of rotatable bonds is 8. The van der Waals surface area contributed by atoms with Crippen LogP contribution in [0.5, 0.6) is 0 Å². The fourth-order valence-electron chi connectivity index (χ4n) is 0.992. The zero-order chi connectivity index (χ0) is 9.23. The summed E-state index contributed by atoms with van der Waals surface area (Å²) in [5, 5.41) is 4.23. The van der Waals surface area contributed by atoms with Crippen molar-refractivity contribution >= 4 is 11.8 Å². The van der Waals surface area contributed by atoms with Gasteiger partial charge in [-0.05, 0) is 18.2 Å². The second kappa shape index (κ2) is 9.40. The van der Waals surface area contributed by atoms with E-state index in [4.69, 9.17) is 0 Å². The second-order valence-electron chi connectivity index (χ2n) is 3.38. The zero-order valence-electron chi connectivity index (χ0n) is 8.73. The topological polar surface area (TPSA) is 12.0 Å². The molecule has 0 aliphatic carbocycles. The van der Waals surface area contributed by atoms with Crippen molar-refractivity contribution in [2.45, 2.75) is 45.3 Å². The van der Waals surface area contributed by atoms with Crippen LogP contribution in [-0.2, 0) is 0 Å². The number of nitrogens with one attached hydrogen (secondary N) is 1. The maximum Gasteiger partial charge on any atom is 0.00606 e. The minimum absolute atomic E-state index is 0.780. The molecule has 0 amide bonds. The molecule has 0 heterocycles. The summed E-state index contributed by atoms with van der Waals surface area (Å²) in [6, 6.07) is 0. The second-order valence-corrected chi connectivity index (χ2v) is 5.06. The molecule has 0 aliphatic rings. The third-order valence-electron chi connectivity index (χ3n) is 1.69. The van der Waals surface area contributed by atoms with E-state index in [0.29, 0.717) is 0 Å². The molecule has 1 N–H and O–H groups in total. The fraction of sp³-hybridized carbons (Fsp3) is 1.00. The number of hydrogen-bond donors (Lipinski definition) is 1. The van der Waals surface area contributed by atoms with Crippen LogP contribution in [0.25, 0.3) is 0 Å². The van der Waals surface area contributed by atoms with Crippen molar-refractivity contribution in [3.63, 3.8) is 0 Å². The first kappa shape index (κ1) is 12.3. The van der Waals surface area contributed by atoms with E-state index < -0.39 is 0 Å². The van der Waals surface area contributed by atoms with Gasteiger partial charge in [0.25, 0.3) is 0 Å². The Labute approximate surface area is 81.7 Å². The Balaban J connectivity index is 2.82. The summed E-state index contributed by atoms with van der Waals surface area (Å²) >= 11 is 2.03. The van der Waals surface area contributed by atoms with Crippen molar-refractivity contribution < 1.29 is 0 Å². The standard InChI is InChI=1S/C10H23NS/c1-4-5-6-7-11-8-9-12-10(2)3/h10-11H,4-9H2,1-3H3. The van der Waals surface area contributed by atoms with E-state index in [-0.39, 0.29) is 0 Å². The van der Waals surface area contributed by atoms with E-state index in [9.17, 15) is 0 Å². The van der Waals surface area contributed by atoms with Crippen LogP contribution >= 0.6 is 11.8 Å². The molecule has 0 unspecified atom stereocenters. The Hall–Kier alpha value is 0.310. The number of thioether (sulfide) groups is 1. The molecule has 0 saturated heterocycles. The van der Waals surface area contributed by atoms with Crippen LogP contribution in [0.1, 0.15) is 40.0 Å². The minimum atomic E-state index is 0.780. The summed E-state index contributed by atoms with van der Waals surface area (Å²) in [5.74, 6) is 1.25. The van der Waals surface area contributed by atoms with Gasteiger partial charge in [0.05, 0.1) is 0 Å². The Morgan fingerprint density at radius 3 is 2.50 bits per heavy atom. The zero-order valence-corrected chi connectivity index (χ0v) is 9.54. The highest BCUT2D eigenvalue weighted by Gasteiger charge is 1.92. The molecule has 0 aromatic carbocycles. The molecule has 0 fully saturated rings. The van der Waals surface area contributed by atoms with Gasteiger partial charge in [0.15, 0.2) is 0 Å². The third-order valence-corrected chi connectivity index (χ3v) is 2.79. The Morgan fingerprint density at radius 1 is 1.17 bits per heavy atom. The lowest BCUT2D eigenvalue weighted by Gasteiger charge is -2.05. The van der Waals surface area contributed by atoms with Crippen molar-refractivity contribution in [3.8, 4) is 0 Å². The van der Waals surface area contributed by atoms with Gasteiger partial charge in [-0.1, -0.05) is 33.6 Å². The monoisotopic (exact) mass is 189 g/mol. The van der Waals surface area contributed by atoms with Crippen molar-refractivity contribution in [1.29, 1.82) is 0 Å².